The minimum Gasteiger partial charge on any atom is -0.496 e. The van der Waals surface area contributed by atoms with Gasteiger partial charge in [-0.05, 0) is 19.9 Å². The third-order valence-electron chi connectivity index (χ3n) is 1.40. The highest BCUT2D eigenvalue weighted by Gasteiger charge is 2.08. The minimum atomic E-state index is -0.370. The fraction of sp³-hybridized carbons (Fsp3) is 0.444. The molecule has 0 fully saturated rings. The molecule has 0 aliphatic rings. The van der Waals surface area contributed by atoms with Crippen molar-refractivity contribution in [1.82, 2.24) is 0 Å². The zero-order valence-electron chi connectivity index (χ0n) is 7.88. The predicted molar refractivity (Wildman–Crippen MR) is 46.5 cm³/mol. The predicted octanol–water partition coefficient (Wildman–Crippen LogP) is 1.66. The molecule has 0 aromatic rings. The summed E-state index contributed by atoms with van der Waals surface area (Å²) >= 11 is 0. The Hall–Kier alpha value is -1.25. The van der Waals surface area contributed by atoms with Crippen molar-refractivity contribution < 1.29 is 14.3 Å². The number of carbonyl (C=O) groups excluding carboxylic acids is 1. The molecule has 0 saturated carbocycles. The molecule has 0 rings (SSSR count). The maximum atomic E-state index is 11.0. The average molecular weight is 170 g/mol. The van der Waals surface area contributed by atoms with E-state index in [-0.39, 0.29) is 5.97 Å². The second-order valence-corrected chi connectivity index (χ2v) is 2.18. The van der Waals surface area contributed by atoms with Crippen LogP contribution in [0.1, 0.15) is 13.8 Å². The highest BCUT2D eigenvalue weighted by Crippen LogP contribution is 2.07. The van der Waals surface area contributed by atoms with Crippen LogP contribution < -0.4 is 0 Å². The van der Waals surface area contributed by atoms with Crippen molar-refractivity contribution in [2.24, 2.45) is 0 Å². The number of carbonyl (C=O) groups is 1. The number of esters is 1. The summed E-state index contributed by atoms with van der Waals surface area (Å²) in [5, 5.41) is 0. The Morgan fingerprint density at radius 3 is 2.17 bits per heavy atom. The van der Waals surface area contributed by atoms with E-state index in [4.69, 9.17) is 4.74 Å². The SMILES string of the molecule is C/C=C\C(OC)=C(/C)C(=O)OC. The van der Waals surface area contributed by atoms with E-state index in [1.165, 1.54) is 14.2 Å². The normalized spacial score (nSPS) is 12.7. The van der Waals surface area contributed by atoms with Gasteiger partial charge in [0.05, 0.1) is 19.8 Å². The number of ether oxygens (including phenoxy) is 2. The summed E-state index contributed by atoms with van der Waals surface area (Å²) in [5.74, 6) is 0.161. The number of rotatable bonds is 3. The molecule has 0 aliphatic carbocycles. The van der Waals surface area contributed by atoms with Crippen LogP contribution in [0.2, 0.25) is 0 Å². The molecule has 0 heterocycles. The molecule has 0 N–H and O–H groups in total. The van der Waals surface area contributed by atoms with E-state index < -0.39 is 0 Å². The highest BCUT2D eigenvalue weighted by atomic mass is 16.5. The molecule has 0 spiro atoms. The van der Waals surface area contributed by atoms with Crippen molar-refractivity contribution in [1.29, 1.82) is 0 Å². The molecule has 68 valence electrons. The molecule has 3 heteroatoms. The molecule has 0 radical (unpaired) electrons. The Labute approximate surface area is 72.7 Å². The molecule has 0 aromatic carbocycles. The molecule has 3 nitrogen and oxygen atoms in total. The fourth-order valence-corrected chi connectivity index (χ4v) is 0.751. The zero-order valence-corrected chi connectivity index (χ0v) is 7.88. The Morgan fingerprint density at radius 1 is 1.25 bits per heavy atom. The second kappa shape index (κ2) is 5.41. The lowest BCUT2D eigenvalue weighted by Crippen LogP contribution is -2.05. The van der Waals surface area contributed by atoms with Crippen molar-refractivity contribution in [2.45, 2.75) is 13.8 Å². The molecule has 0 atom stereocenters. The Morgan fingerprint density at radius 2 is 1.83 bits per heavy atom. The number of hydrogen-bond acceptors (Lipinski definition) is 3. The lowest BCUT2D eigenvalue weighted by atomic mass is 10.2. The van der Waals surface area contributed by atoms with Crippen molar-refractivity contribution in [2.75, 3.05) is 14.2 Å². The number of hydrogen-bond donors (Lipinski definition) is 0. The van der Waals surface area contributed by atoms with Crippen LogP contribution in [0.15, 0.2) is 23.5 Å². The summed E-state index contributed by atoms with van der Waals surface area (Å²) < 4.78 is 9.50. The van der Waals surface area contributed by atoms with Gasteiger partial charge in [-0.15, -0.1) is 0 Å². The standard InChI is InChI=1S/C9H14O3/c1-5-6-8(11-3)7(2)9(10)12-4/h5-6H,1-4H3/b6-5-,8-7-. The molecule has 0 unspecified atom stereocenters. The van der Waals surface area contributed by atoms with Gasteiger partial charge in [-0.25, -0.2) is 4.79 Å². The summed E-state index contributed by atoms with van der Waals surface area (Å²) in [5.41, 5.74) is 0.470. The summed E-state index contributed by atoms with van der Waals surface area (Å²) in [6.07, 6.45) is 3.51. The van der Waals surface area contributed by atoms with E-state index in [0.717, 1.165) is 0 Å². The molecule has 0 saturated heterocycles. The fourth-order valence-electron chi connectivity index (χ4n) is 0.751. The molecule has 0 bridgehead atoms. The van der Waals surface area contributed by atoms with Crippen LogP contribution in [0.25, 0.3) is 0 Å². The highest BCUT2D eigenvalue weighted by molar-refractivity contribution is 5.88. The van der Waals surface area contributed by atoms with Crippen molar-refractivity contribution in [3.8, 4) is 0 Å². The lowest BCUT2D eigenvalue weighted by Gasteiger charge is -2.04. The van der Waals surface area contributed by atoms with Crippen molar-refractivity contribution >= 4 is 5.97 Å². The molecular weight excluding hydrogens is 156 g/mol. The van der Waals surface area contributed by atoms with Crippen LogP contribution in [-0.2, 0) is 14.3 Å². The monoisotopic (exact) mass is 170 g/mol. The van der Waals surface area contributed by atoms with Gasteiger partial charge >= 0.3 is 5.97 Å². The van der Waals surface area contributed by atoms with Gasteiger partial charge in [0, 0.05) is 0 Å². The zero-order chi connectivity index (χ0) is 9.56. The van der Waals surface area contributed by atoms with Crippen LogP contribution in [0.4, 0.5) is 0 Å². The quantitative estimate of drug-likeness (QED) is 0.279. The first-order chi connectivity index (χ1) is 5.67. The Balaban J connectivity index is 4.70. The number of allylic oxidation sites excluding steroid dienone is 2. The summed E-state index contributed by atoms with van der Waals surface area (Å²) in [6.45, 7) is 3.51. The Kier molecular flexibility index (Phi) is 4.84. The average Bonchev–Trinajstić information content (AvgIpc) is 2.11. The van der Waals surface area contributed by atoms with E-state index >= 15 is 0 Å². The van der Waals surface area contributed by atoms with Crippen LogP contribution in [-0.4, -0.2) is 20.2 Å². The summed E-state index contributed by atoms with van der Waals surface area (Å²) in [6, 6.07) is 0. The van der Waals surface area contributed by atoms with Gasteiger partial charge < -0.3 is 9.47 Å². The van der Waals surface area contributed by atoms with Gasteiger partial charge in [0.15, 0.2) is 0 Å². The smallest absolute Gasteiger partial charge is 0.337 e. The first kappa shape index (κ1) is 10.8. The Bertz CT molecular complexity index is 214. The van der Waals surface area contributed by atoms with Gasteiger partial charge in [-0.2, -0.15) is 0 Å². The largest absolute Gasteiger partial charge is 0.496 e. The molecule has 0 aromatic heterocycles. The third-order valence-corrected chi connectivity index (χ3v) is 1.40. The van der Waals surface area contributed by atoms with Crippen LogP contribution >= 0.6 is 0 Å². The molecule has 0 amide bonds. The van der Waals surface area contributed by atoms with Gasteiger partial charge in [-0.1, -0.05) is 6.08 Å². The molecule has 0 aliphatic heterocycles. The number of methoxy groups -OCH3 is 2. The first-order valence-corrected chi connectivity index (χ1v) is 3.63. The van der Waals surface area contributed by atoms with Crippen LogP contribution in [0.3, 0.4) is 0 Å². The van der Waals surface area contributed by atoms with Gasteiger partial charge in [0.2, 0.25) is 0 Å². The van der Waals surface area contributed by atoms with Crippen molar-refractivity contribution in [3.63, 3.8) is 0 Å². The van der Waals surface area contributed by atoms with Crippen molar-refractivity contribution in [3.05, 3.63) is 23.5 Å². The van der Waals surface area contributed by atoms with Crippen LogP contribution in [0.5, 0.6) is 0 Å². The molecule has 12 heavy (non-hydrogen) atoms. The van der Waals surface area contributed by atoms with Crippen LogP contribution in [0, 0.1) is 0 Å². The molecular formula is C9H14O3. The van der Waals surface area contributed by atoms with Gasteiger partial charge in [0.25, 0.3) is 0 Å². The summed E-state index contributed by atoms with van der Waals surface area (Å²) in [4.78, 5) is 11.0. The van der Waals surface area contributed by atoms with E-state index in [1.54, 1.807) is 19.1 Å². The first-order valence-electron chi connectivity index (χ1n) is 3.63. The maximum Gasteiger partial charge on any atom is 0.337 e. The van der Waals surface area contributed by atoms with E-state index in [1.807, 2.05) is 6.92 Å². The lowest BCUT2D eigenvalue weighted by molar-refractivity contribution is -0.136. The van der Waals surface area contributed by atoms with E-state index in [0.29, 0.717) is 11.3 Å². The van der Waals surface area contributed by atoms with E-state index in [9.17, 15) is 4.79 Å². The maximum absolute atomic E-state index is 11.0. The van der Waals surface area contributed by atoms with Gasteiger partial charge in [-0.3, -0.25) is 0 Å². The van der Waals surface area contributed by atoms with Gasteiger partial charge in [0.1, 0.15) is 5.76 Å². The minimum absolute atomic E-state index is 0.370. The second-order valence-electron chi connectivity index (χ2n) is 2.18. The van der Waals surface area contributed by atoms with E-state index in [2.05, 4.69) is 4.74 Å². The topological polar surface area (TPSA) is 35.5 Å². The third kappa shape index (κ3) is 2.78. The summed E-state index contributed by atoms with van der Waals surface area (Å²) in [7, 11) is 2.86.